The Morgan fingerprint density at radius 3 is 3.05 bits per heavy atom. The number of H-pyrrole nitrogens is 1. The van der Waals surface area contributed by atoms with Crippen molar-refractivity contribution in [1.29, 1.82) is 0 Å². The topological polar surface area (TPSA) is 65.1 Å². The maximum atomic E-state index is 13.8. The standard InChI is InChI=1S/C14H17FN2O2/c1-9(7-13(19)16-5-6-18)10-8-17-12-4-2-3-11(15)14(10)12/h2-4,8-9,17-18H,5-7H2,1H3,(H,16,19). The Kier molecular flexibility index (Phi) is 4.16. The van der Waals surface area contributed by atoms with Crippen LogP contribution in [-0.4, -0.2) is 29.1 Å². The molecule has 4 nitrogen and oxygen atoms in total. The lowest BCUT2D eigenvalue weighted by molar-refractivity contribution is -0.121. The lowest BCUT2D eigenvalue weighted by atomic mass is 9.96. The zero-order valence-corrected chi connectivity index (χ0v) is 10.7. The van der Waals surface area contributed by atoms with Crippen molar-refractivity contribution in [3.05, 3.63) is 35.8 Å². The van der Waals surface area contributed by atoms with Crippen molar-refractivity contribution in [2.75, 3.05) is 13.2 Å². The molecule has 102 valence electrons. The van der Waals surface area contributed by atoms with Crippen LogP contribution in [0.15, 0.2) is 24.4 Å². The Morgan fingerprint density at radius 2 is 2.32 bits per heavy atom. The molecule has 19 heavy (non-hydrogen) atoms. The molecule has 1 aromatic carbocycles. The normalized spacial score (nSPS) is 12.6. The van der Waals surface area contributed by atoms with Gasteiger partial charge in [0.25, 0.3) is 0 Å². The quantitative estimate of drug-likeness (QED) is 0.772. The molecule has 0 aliphatic carbocycles. The molecule has 1 aromatic heterocycles. The van der Waals surface area contributed by atoms with Crippen LogP contribution in [0.1, 0.15) is 24.8 Å². The predicted molar refractivity (Wildman–Crippen MR) is 71.4 cm³/mol. The van der Waals surface area contributed by atoms with Crippen LogP contribution < -0.4 is 5.32 Å². The summed E-state index contributed by atoms with van der Waals surface area (Å²) in [5.74, 6) is -0.520. The molecule has 1 amide bonds. The Hall–Kier alpha value is -1.88. The highest BCUT2D eigenvalue weighted by atomic mass is 19.1. The highest BCUT2D eigenvalue weighted by Gasteiger charge is 2.17. The van der Waals surface area contributed by atoms with Crippen molar-refractivity contribution >= 4 is 16.8 Å². The van der Waals surface area contributed by atoms with Gasteiger partial charge in [0.2, 0.25) is 5.91 Å². The number of rotatable bonds is 5. The summed E-state index contributed by atoms with van der Waals surface area (Å²) in [7, 11) is 0. The van der Waals surface area contributed by atoms with E-state index in [9.17, 15) is 9.18 Å². The number of carbonyl (C=O) groups is 1. The molecule has 0 spiro atoms. The fourth-order valence-corrected chi connectivity index (χ4v) is 2.21. The molecule has 1 unspecified atom stereocenters. The molecule has 1 atom stereocenters. The molecule has 5 heteroatoms. The number of benzene rings is 1. The van der Waals surface area contributed by atoms with E-state index in [2.05, 4.69) is 10.3 Å². The van der Waals surface area contributed by atoms with Gasteiger partial charge < -0.3 is 15.4 Å². The van der Waals surface area contributed by atoms with E-state index in [-0.39, 0.29) is 37.2 Å². The Morgan fingerprint density at radius 1 is 1.53 bits per heavy atom. The molecule has 0 radical (unpaired) electrons. The summed E-state index contributed by atoms with van der Waals surface area (Å²) in [4.78, 5) is 14.6. The number of halogens is 1. The van der Waals surface area contributed by atoms with E-state index in [4.69, 9.17) is 5.11 Å². The molecular weight excluding hydrogens is 247 g/mol. The second kappa shape index (κ2) is 5.84. The average molecular weight is 264 g/mol. The molecular formula is C14H17FN2O2. The third kappa shape index (κ3) is 2.93. The summed E-state index contributed by atoms with van der Waals surface area (Å²) in [6.45, 7) is 2.04. The van der Waals surface area contributed by atoms with Gasteiger partial charge in [-0.1, -0.05) is 13.0 Å². The van der Waals surface area contributed by atoms with E-state index in [1.807, 2.05) is 6.92 Å². The summed E-state index contributed by atoms with van der Waals surface area (Å²) >= 11 is 0. The number of carbonyl (C=O) groups excluding carboxylic acids is 1. The minimum absolute atomic E-state index is 0.0815. The molecule has 0 saturated heterocycles. The number of hydrogen-bond donors (Lipinski definition) is 3. The first kappa shape index (κ1) is 13.5. The summed E-state index contributed by atoms with van der Waals surface area (Å²) in [5, 5.41) is 11.8. The number of aromatic nitrogens is 1. The zero-order valence-electron chi connectivity index (χ0n) is 10.7. The van der Waals surface area contributed by atoms with Gasteiger partial charge in [0.05, 0.1) is 6.61 Å². The number of aromatic amines is 1. The predicted octanol–water partition coefficient (Wildman–Crippen LogP) is 1.91. The number of hydrogen-bond acceptors (Lipinski definition) is 2. The van der Waals surface area contributed by atoms with Gasteiger partial charge >= 0.3 is 0 Å². The Labute approximate surface area is 110 Å². The van der Waals surface area contributed by atoms with Crippen LogP contribution in [0.4, 0.5) is 4.39 Å². The number of fused-ring (bicyclic) bond motifs is 1. The highest BCUT2D eigenvalue weighted by Crippen LogP contribution is 2.29. The van der Waals surface area contributed by atoms with Crippen LogP contribution in [0.2, 0.25) is 0 Å². The number of aliphatic hydroxyl groups excluding tert-OH is 1. The van der Waals surface area contributed by atoms with Crippen molar-refractivity contribution in [3.8, 4) is 0 Å². The van der Waals surface area contributed by atoms with Crippen LogP contribution in [0.3, 0.4) is 0 Å². The molecule has 3 N–H and O–H groups in total. The molecule has 0 aliphatic heterocycles. The van der Waals surface area contributed by atoms with Gasteiger partial charge in [-0.05, 0) is 23.6 Å². The van der Waals surface area contributed by atoms with Crippen molar-refractivity contribution in [2.45, 2.75) is 19.3 Å². The van der Waals surface area contributed by atoms with Gasteiger partial charge in [-0.25, -0.2) is 4.39 Å². The van der Waals surface area contributed by atoms with Gasteiger partial charge in [-0.3, -0.25) is 4.79 Å². The van der Waals surface area contributed by atoms with Crippen LogP contribution in [0, 0.1) is 5.82 Å². The monoisotopic (exact) mass is 264 g/mol. The van der Waals surface area contributed by atoms with Crippen LogP contribution in [0.5, 0.6) is 0 Å². The highest BCUT2D eigenvalue weighted by molar-refractivity contribution is 5.85. The van der Waals surface area contributed by atoms with Crippen molar-refractivity contribution < 1.29 is 14.3 Å². The molecule has 0 bridgehead atoms. The van der Waals surface area contributed by atoms with Crippen molar-refractivity contribution in [3.63, 3.8) is 0 Å². The van der Waals surface area contributed by atoms with E-state index < -0.39 is 0 Å². The second-order valence-electron chi connectivity index (χ2n) is 4.59. The second-order valence-corrected chi connectivity index (χ2v) is 4.59. The fraction of sp³-hybridized carbons (Fsp3) is 0.357. The lowest BCUT2D eigenvalue weighted by Crippen LogP contribution is -2.27. The van der Waals surface area contributed by atoms with E-state index in [1.165, 1.54) is 6.07 Å². The maximum Gasteiger partial charge on any atom is 0.220 e. The van der Waals surface area contributed by atoms with Crippen molar-refractivity contribution in [2.24, 2.45) is 0 Å². The SMILES string of the molecule is CC(CC(=O)NCCO)c1c[nH]c2cccc(F)c12. The molecule has 0 saturated carbocycles. The maximum absolute atomic E-state index is 13.8. The summed E-state index contributed by atoms with van der Waals surface area (Å²) in [6, 6.07) is 4.87. The van der Waals surface area contributed by atoms with E-state index >= 15 is 0 Å². The lowest BCUT2D eigenvalue weighted by Gasteiger charge is -2.11. The van der Waals surface area contributed by atoms with Gasteiger partial charge in [0.1, 0.15) is 5.82 Å². The van der Waals surface area contributed by atoms with E-state index in [0.29, 0.717) is 5.39 Å². The number of aliphatic hydroxyl groups is 1. The van der Waals surface area contributed by atoms with Gasteiger partial charge in [0, 0.05) is 30.1 Å². The Balaban J connectivity index is 2.17. The fourth-order valence-electron chi connectivity index (χ4n) is 2.21. The summed E-state index contributed by atoms with van der Waals surface area (Å²) in [6.07, 6.45) is 2.01. The largest absolute Gasteiger partial charge is 0.395 e. The van der Waals surface area contributed by atoms with Crippen molar-refractivity contribution in [1.82, 2.24) is 10.3 Å². The third-order valence-corrected chi connectivity index (χ3v) is 3.14. The van der Waals surface area contributed by atoms with E-state index in [0.717, 1.165) is 11.1 Å². The van der Waals surface area contributed by atoms with E-state index in [1.54, 1.807) is 18.3 Å². The average Bonchev–Trinajstić information content (AvgIpc) is 2.81. The minimum Gasteiger partial charge on any atom is -0.395 e. The van der Waals surface area contributed by atoms with Gasteiger partial charge in [-0.15, -0.1) is 0 Å². The smallest absolute Gasteiger partial charge is 0.220 e. The van der Waals surface area contributed by atoms with Gasteiger partial charge in [-0.2, -0.15) is 0 Å². The first-order chi connectivity index (χ1) is 9.13. The minimum atomic E-state index is -0.281. The first-order valence-electron chi connectivity index (χ1n) is 6.26. The Bertz CT molecular complexity index is 580. The van der Waals surface area contributed by atoms with Crippen LogP contribution >= 0.6 is 0 Å². The zero-order chi connectivity index (χ0) is 13.8. The molecule has 1 heterocycles. The number of amides is 1. The summed E-state index contributed by atoms with van der Waals surface area (Å²) < 4.78 is 13.8. The molecule has 0 fully saturated rings. The number of nitrogens with one attached hydrogen (secondary N) is 2. The first-order valence-corrected chi connectivity index (χ1v) is 6.26. The molecule has 2 aromatic rings. The molecule has 0 aliphatic rings. The van der Waals surface area contributed by atoms with Crippen LogP contribution in [-0.2, 0) is 4.79 Å². The van der Waals surface area contributed by atoms with Gasteiger partial charge in [0.15, 0.2) is 0 Å². The third-order valence-electron chi connectivity index (χ3n) is 3.14. The molecule has 2 rings (SSSR count). The van der Waals surface area contributed by atoms with Crippen LogP contribution in [0.25, 0.3) is 10.9 Å². The summed E-state index contributed by atoms with van der Waals surface area (Å²) in [5.41, 5.74) is 1.53.